The minimum absolute atomic E-state index is 0.299. The summed E-state index contributed by atoms with van der Waals surface area (Å²) >= 11 is 0. The third-order valence-corrected chi connectivity index (χ3v) is 5.02. The van der Waals surface area contributed by atoms with Crippen molar-refractivity contribution in [2.75, 3.05) is 19.3 Å². The Hall–Kier alpha value is -0.990. The first kappa shape index (κ1) is 16.4. The van der Waals surface area contributed by atoms with Gasteiger partial charge in [0, 0.05) is 25.7 Å². The number of nitrogens with zero attached hydrogens (tertiary/aromatic N) is 4. The van der Waals surface area contributed by atoms with Crippen LogP contribution < -0.4 is 5.32 Å². The molecule has 0 spiro atoms. The summed E-state index contributed by atoms with van der Waals surface area (Å²) in [7, 11) is -3.09. The van der Waals surface area contributed by atoms with E-state index in [2.05, 4.69) is 29.2 Å². The molecule has 1 saturated heterocycles. The maximum atomic E-state index is 11.7. The van der Waals surface area contributed by atoms with Gasteiger partial charge in [0.2, 0.25) is 10.0 Å². The third kappa shape index (κ3) is 4.76. The zero-order chi connectivity index (χ0) is 15.5. The summed E-state index contributed by atoms with van der Waals surface area (Å²) in [5.74, 6) is 1.20. The normalized spacial score (nSPS) is 21.0. The van der Waals surface area contributed by atoms with Crippen molar-refractivity contribution in [1.82, 2.24) is 24.4 Å². The highest BCUT2D eigenvalue weighted by molar-refractivity contribution is 7.88. The molecule has 1 aliphatic rings. The van der Waals surface area contributed by atoms with Crippen LogP contribution >= 0.6 is 0 Å². The summed E-state index contributed by atoms with van der Waals surface area (Å²) in [5.41, 5.74) is 0. The highest BCUT2D eigenvalue weighted by Gasteiger charge is 2.26. The lowest BCUT2D eigenvalue weighted by atomic mass is 10.00. The fourth-order valence-corrected chi connectivity index (χ4v) is 3.54. The standard InChI is InChI=1S/C13H25N5O2S/c1-11(2)14-7-13-15-10-16-18(13)9-12-5-4-6-17(8-12)21(3,19)20/h10-12,14H,4-9H2,1-3H3. The second-order valence-electron chi connectivity index (χ2n) is 6.02. The first-order chi connectivity index (χ1) is 9.86. The molecular weight excluding hydrogens is 290 g/mol. The van der Waals surface area contributed by atoms with Crippen LogP contribution in [0.4, 0.5) is 0 Å². The van der Waals surface area contributed by atoms with E-state index in [0.29, 0.717) is 31.6 Å². The van der Waals surface area contributed by atoms with Gasteiger partial charge >= 0.3 is 0 Å². The number of hydrogen-bond donors (Lipinski definition) is 1. The van der Waals surface area contributed by atoms with Crippen LogP contribution in [0.5, 0.6) is 0 Å². The van der Waals surface area contributed by atoms with Gasteiger partial charge in [-0.1, -0.05) is 13.8 Å². The average Bonchev–Trinajstić information content (AvgIpc) is 2.83. The van der Waals surface area contributed by atoms with Crippen molar-refractivity contribution in [2.24, 2.45) is 5.92 Å². The molecule has 1 aromatic rings. The second kappa shape index (κ2) is 6.85. The Morgan fingerprint density at radius 1 is 1.48 bits per heavy atom. The largest absolute Gasteiger partial charge is 0.308 e. The highest BCUT2D eigenvalue weighted by Crippen LogP contribution is 2.20. The molecule has 0 aliphatic carbocycles. The highest BCUT2D eigenvalue weighted by atomic mass is 32.2. The van der Waals surface area contributed by atoms with E-state index < -0.39 is 10.0 Å². The molecule has 120 valence electrons. The maximum absolute atomic E-state index is 11.7. The van der Waals surface area contributed by atoms with Crippen molar-refractivity contribution in [1.29, 1.82) is 0 Å². The lowest BCUT2D eigenvalue weighted by Gasteiger charge is -2.31. The number of nitrogens with one attached hydrogen (secondary N) is 1. The van der Waals surface area contributed by atoms with Crippen molar-refractivity contribution >= 4 is 10.0 Å². The maximum Gasteiger partial charge on any atom is 0.211 e. The van der Waals surface area contributed by atoms with Crippen molar-refractivity contribution in [2.45, 2.75) is 45.8 Å². The monoisotopic (exact) mass is 315 g/mol. The first-order valence-corrected chi connectivity index (χ1v) is 9.26. The first-order valence-electron chi connectivity index (χ1n) is 7.41. The van der Waals surface area contributed by atoms with E-state index in [9.17, 15) is 8.42 Å². The lowest BCUT2D eigenvalue weighted by molar-refractivity contribution is 0.238. The number of rotatable bonds is 6. The summed E-state index contributed by atoms with van der Waals surface area (Å²) in [6.07, 6.45) is 4.78. The van der Waals surface area contributed by atoms with E-state index >= 15 is 0 Å². The Bertz CT molecular complexity index is 555. The average molecular weight is 315 g/mol. The smallest absolute Gasteiger partial charge is 0.211 e. The predicted molar refractivity (Wildman–Crippen MR) is 81.1 cm³/mol. The van der Waals surface area contributed by atoms with Crippen molar-refractivity contribution < 1.29 is 8.42 Å². The molecule has 1 aliphatic heterocycles. The zero-order valence-corrected chi connectivity index (χ0v) is 13.8. The zero-order valence-electron chi connectivity index (χ0n) is 13.0. The van der Waals surface area contributed by atoms with Crippen LogP contribution in [0, 0.1) is 5.92 Å². The number of hydrogen-bond acceptors (Lipinski definition) is 5. The van der Waals surface area contributed by atoms with Crippen LogP contribution in [-0.2, 0) is 23.1 Å². The SMILES string of the molecule is CC(C)NCc1ncnn1CC1CCCN(S(C)(=O)=O)C1. The summed E-state index contributed by atoms with van der Waals surface area (Å²) in [5, 5.41) is 7.60. The van der Waals surface area contributed by atoms with Crippen LogP contribution in [0.15, 0.2) is 6.33 Å². The Morgan fingerprint density at radius 3 is 2.90 bits per heavy atom. The minimum Gasteiger partial charge on any atom is -0.308 e. The summed E-state index contributed by atoms with van der Waals surface area (Å²) in [6, 6.07) is 0.394. The van der Waals surface area contributed by atoms with Gasteiger partial charge in [0.25, 0.3) is 0 Å². The number of aromatic nitrogens is 3. The molecule has 0 radical (unpaired) electrons. The molecule has 0 saturated carbocycles. The van der Waals surface area contributed by atoms with Crippen LogP contribution in [-0.4, -0.2) is 52.9 Å². The lowest BCUT2D eigenvalue weighted by Crippen LogP contribution is -2.40. The van der Waals surface area contributed by atoms with Crippen LogP contribution in [0.25, 0.3) is 0 Å². The van der Waals surface area contributed by atoms with Crippen LogP contribution in [0.2, 0.25) is 0 Å². The molecule has 1 atom stereocenters. The molecule has 1 N–H and O–H groups in total. The Balaban J connectivity index is 1.97. The fraction of sp³-hybridized carbons (Fsp3) is 0.846. The number of sulfonamides is 1. The van der Waals surface area contributed by atoms with Gasteiger partial charge in [-0.15, -0.1) is 0 Å². The number of piperidine rings is 1. The Kier molecular flexibility index (Phi) is 5.34. The Morgan fingerprint density at radius 2 is 2.24 bits per heavy atom. The molecule has 0 bridgehead atoms. The molecule has 2 heterocycles. The van der Waals surface area contributed by atoms with Gasteiger partial charge in [-0.25, -0.2) is 22.4 Å². The molecule has 1 aromatic heterocycles. The second-order valence-corrected chi connectivity index (χ2v) is 8.01. The van der Waals surface area contributed by atoms with Crippen LogP contribution in [0.1, 0.15) is 32.5 Å². The molecule has 0 amide bonds. The van der Waals surface area contributed by atoms with Crippen LogP contribution in [0.3, 0.4) is 0 Å². The van der Waals surface area contributed by atoms with E-state index in [0.717, 1.165) is 25.2 Å². The van der Waals surface area contributed by atoms with E-state index in [4.69, 9.17) is 0 Å². The quantitative estimate of drug-likeness (QED) is 0.824. The van der Waals surface area contributed by atoms with Gasteiger partial charge < -0.3 is 5.32 Å². The van der Waals surface area contributed by atoms with Gasteiger partial charge in [-0.05, 0) is 18.8 Å². The topological polar surface area (TPSA) is 80.1 Å². The molecule has 21 heavy (non-hydrogen) atoms. The van der Waals surface area contributed by atoms with Gasteiger partial charge in [0.15, 0.2) is 0 Å². The summed E-state index contributed by atoms with van der Waals surface area (Å²) < 4.78 is 26.8. The van der Waals surface area contributed by atoms with Gasteiger partial charge in [0.1, 0.15) is 12.2 Å². The third-order valence-electron chi connectivity index (χ3n) is 3.75. The van der Waals surface area contributed by atoms with E-state index in [1.165, 1.54) is 6.26 Å². The fourth-order valence-electron chi connectivity index (χ4n) is 2.59. The Labute approximate surface area is 126 Å². The molecule has 8 heteroatoms. The van der Waals surface area contributed by atoms with Gasteiger partial charge in [-0.3, -0.25) is 0 Å². The van der Waals surface area contributed by atoms with Crippen molar-refractivity contribution in [3.8, 4) is 0 Å². The summed E-state index contributed by atoms with van der Waals surface area (Å²) in [6.45, 7) is 6.79. The molecule has 1 unspecified atom stereocenters. The summed E-state index contributed by atoms with van der Waals surface area (Å²) in [4.78, 5) is 4.28. The molecule has 7 nitrogen and oxygen atoms in total. The van der Waals surface area contributed by atoms with Crippen molar-refractivity contribution in [3.05, 3.63) is 12.2 Å². The molecule has 0 aromatic carbocycles. The van der Waals surface area contributed by atoms with Crippen molar-refractivity contribution in [3.63, 3.8) is 0 Å². The predicted octanol–water partition coefficient (Wildman–Crippen LogP) is 0.448. The van der Waals surface area contributed by atoms with Gasteiger partial charge in [0.05, 0.1) is 12.8 Å². The van der Waals surface area contributed by atoms with E-state index in [1.54, 1.807) is 10.6 Å². The van der Waals surface area contributed by atoms with Gasteiger partial charge in [-0.2, -0.15) is 5.10 Å². The molecular formula is C13H25N5O2S. The molecule has 2 rings (SSSR count). The minimum atomic E-state index is -3.09. The van der Waals surface area contributed by atoms with E-state index in [1.807, 2.05) is 4.68 Å². The van der Waals surface area contributed by atoms with E-state index in [-0.39, 0.29) is 0 Å². The molecule has 1 fully saturated rings.